The smallest absolute Gasteiger partial charge is 0.198 e. The number of phenols is 1. The molecule has 4 rings (SSSR count). The van der Waals surface area contributed by atoms with Crippen molar-refractivity contribution in [3.8, 4) is 11.5 Å². The first kappa shape index (κ1) is 16.8. The fourth-order valence-electron chi connectivity index (χ4n) is 3.41. The average Bonchev–Trinajstić information content (AvgIpc) is 2.68. The molecule has 1 N–H and O–H groups in total. The molecule has 1 aliphatic heterocycles. The van der Waals surface area contributed by atoms with Gasteiger partial charge in [0.15, 0.2) is 11.6 Å². The van der Waals surface area contributed by atoms with E-state index in [1.54, 1.807) is 30.3 Å². The van der Waals surface area contributed by atoms with Gasteiger partial charge in [-0.25, -0.2) is 0 Å². The van der Waals surface area contributed by atoms with E-state index in [1.807, 2.05) is 0 Å². The van der Waals surface area contributed by atoms with Gasteiger partial charge >= 0.3 is 0 Å². The maximum absolute atomic E-state index is 12.9. The van der Waals surface area contributed by atoms with Crippen LogP contribution in [0.3, 0.4) is 0 Å². The molecule has 2 aromatic rings. The summed E-state index contributed by atoms with van der Waals surface area (Å²) in [5.74, 6) is -0.522. The lowest BCUT2D eigenvalue weighted by Crippen LogP contribution is -2.38. The SMILES string of the molecule is O=C1c2ccccc2C(=O)c2c(OCCN3CCOCC3)ccc(O)c21. The molecule has 0 radical (unpaired) electrons. The second kappa shape index (κ2) is 6.90. The fraction of sp³-hybridized carbons (Fsp3) is 0.300. The molecule has 1 aliphatic carbocycles. The van der Waals surface area contributed by atoms with Crippen LogP contribution in [0.15, 0.2) is 36.4 Å². The highest BCUT2D eigenvalue weighted by Gasteiger charge is 2.34. The van der Waals surface area contributed by atoms with E-state index in [9.17, 15) is 14.7 Å². The number of aromatic hydroxyl groups is 1. The largest absolute Gasteiger partial charge is 0.507 e. The molecule has 134 valence electrons. The van der Waals surface area contributed by atoms with Crippen molar-refractivity contribution in [2.45, 2.75) is 0 Å². The maximum atomic E-state index is 12.9. The molecule has 6 heteroatoms. The van der Waals surface area contributed by atoms with Crippen LogP contribution in [0.1, 0.15) is 31.8 Å². The number of benzene rings is 2. The number of phenolic OH excluding ortho intramolecular Hbond substituents is 1. The lowest BCUT2D eigenvalue weighted by atomic mass is 9.83. The van der Waals surface area contributed by atoms with Gasteiger partial charge in [-0.05, 0) is 12.1 Å². The molecule has 0 saturated carbocycles. The Morgan fingerprint density at radius 3 is 2.31 bits per heavy atom. The highest BCUT2D eigenvalue weighted by Crippen LogP contribution is 2.37. The van der Waals surface area contributed by atoms with E-state index in [1.165, 1.54) is 6.07 Å². The number of morpholine rings is 1. The van der Waals surface area contributed by atoms with E-state index in [0.29, 0.717) is 43.2 Å². The van der Waals surface area contributed by atoms with Crippen molar-refractivity contribution in [1.82, 2.24) is 4.90 Å². The number of fused-ring (bicyclic) bond motifs is 2. The minimum atomic E-state index is -0.355. The molecule has 1 fully saturated rings. The summed E-state index contributed by atoms with van der Waals surface area (Å²) in [6.07, 6.45) is 0. The van der Waals surface area contributed by atoms with Crippen LogP contribution in [-0.2, 0) is 4.74 Å². The van der Waals surface area contributed by atoms with Gasteiger partial charge in [-0.3, -0.25) is 14.5 Å². The van der Waals surface area contributed by atoms with E-state index < -0.39 is 0 Å². The zero-order valence-corrected chi connectivity index (χ0v) is 14.2. The zero-order chi connectivity index (χ0) is 18.1. The van der Waals surface area contributed by atoms with Gasteiger partial charge in [0.25, 0.3) is 0 Å². The minimum Gasteiger partial charge on any atom is -0.507 e. The average molecular weight is 353 g/mol. The van der Waals surface area contributed by atoms with Crippen molar-refractivity contribution in [1.29, 1.82) is 0 Å². The lowest BCUT2D eigenvalue weighted by Gasteiger charge is -2.27. The van der Waals surface area contributed by atoms with Crippen LogP contribution >= 0.6 is 0 Å². The Hall–Kier alpha value is -2.70. The third kappa shape index (κ3) is 2.87. The van der Waals surface area contributed by atoms with Crippen molar-refractivity contribution in [3.63, 3.8) is 0 Å². The second-order valence-corrected chi connectivity index (χ2v) is 6.34. The molecule has 1 saturated heterocycles. The van der Waals surface area contributed by atoms with Gasteiger partial charge in [0.05, 0.1) is 24.3 Å². The van der Waals surface area contributed by atoms with Crippen molar-refractivity contribution in [3.05, 3.63) is 58.7 Å². The maximum Gasteiger partial charge on any atom is 0.198 e. The molecule has 0 amide bonds. The van der Waals surface area contributed by atoms with Crippen LogP contribution in [0.5, 0.6) is 11.5 Å². The van der Waals surface area contributed by atoms with Gasteiger partial charge in [-0.2, -0.15) is 0 Å². The van der Waals surface area contributed by atoms with Gasteiger partial charge in [0.1, 0.15) is 18.1 Å². The number of hydrogen-bond acceptors (Lipinski definition) is 6. The summed E-state index contributed by atoms with van der Waals surface area (Å²) in [7, 11) is 0. The van der Waals surface area contributed by atoms with Crippen LogP contribution in [0.4, 0.5) is 0 Å². The first-order valence-electron chi connectivity index (χ1n) is 8.64. The summed E-state index contributed by atoms with van der Waals surface area (Å²) < 4.78 is 11.1. The van der Waals surface area contributed by atoms with Gasteiger partial charge in [-0.15, -0.1) is 0 Å². The van der Waals surface area contributed by atoms with Crippen molar-refractivity contribution >= 4 is 11.6 Å². The highest BCUT2D eigenvalue weighted by atomic mass is 16.5. The van der Waals surface area contributed by atoms with Crippen LogP contribution in [0.25, 0.3) is 0 Å². The predicted molar refractivity (Wildman–Crippen MR) is 94.2 cm³/mol. The molecule has 2 aliphatic rings. The first-order valence-corrected chi connectivity index (χ1v) is 8.64. The number of ether oxygens (including phenoxy) is 2. The quantitative estimate of drug-likeness (QED) is 0.772. The first-order chi connectivity index (χ1) is 12.7. The highest BCUT2D eigenvalue weighted by molar-refractivity contribution is 6.30. The number of carbonyl (C=O) groups excluding carboxylic acids is 2. The molecular formula is C20H19NO5. The number of nitrogens with zero attached hydrogens (tertiary/aromatic N) is 1. The standard InChI is InChI=1S/C20H19NO5/c22-15-5-6-16(26-12-9-21-7-10-25-11-8-21)18-17(15)19(23)13-3-1-2-4-14(13)20(18)24/h1-6,22H,7-12H2. The predicted octanol–water partition coefficient (Wildman–Crippen LogP) is 1.88. The van der Waals surface area contributed by atoms with Crippen molar-refractivity contribution < 1.29 is 24.2 Å². The van der Waals surface area contributed by atoms with E-state index >= 15 is 0 Å². The Bertz CT molecular complexity index is 871. The Balaban J connectivity index is 1.62. The molecule has 0 aromatic heterocycles. The molecule has 26 heavy (non-hydrogen) atoms. The summed E-state index contributed by atoms with van der Waals surface area (Å²) in [5, 5.41) is 10.2. The second-order valence-electron chi connectivity index (χ2n) is 6.34. The normalized spacial score (nSPS) is 16.9. The van der Waals surface area contributed by atoms with E-state index in [4.69, 9.17) is 9.47 Å². The van der Waals surface area contributed by atoms with Crippen molar-refractivity contribution in [2.75, 3.05) is 39.5 Å². The summed E-state index contributed by atoms with van der Waals surface area (Å²) >= 11 is 0. The minimum absolute atomic E-state index is 0.0255. The number of carbonyl (C=O) groups is 2. The Morgan fingerprint density at radius 1 is 0.962 bits per heavy atom. The fourth-order valence-corrected chi connectivity index (χ4v) is 3.41. The summed E-state index contributed by atoms with van der Waals surface area (Å²) in [6.45, 7) is 4.21. The molecule has 0 spiro atoms. The molecule has 0 atom stereocenters. The number of ketones is 2. The van der Waals surface area contributed by atoms with Gasteiger partial charge in [-0.1, -0.05) is 24.3 Å². The van der Waals surface area contributed by atoms with Gasteiger partial charge in [0.2, 0.25) is 0 Å². The molecular weight excluding hydrogens is 334 g/mol. The molecule has 1 heterocycles. The van der Waals surface area contributed by atoms with Gasteiger partial charge in [0, 0.05) is 30.8 Å². The number of rotatable bonds is 4. The van der Waals surface area contributed by atoms with Crippen LogP contribution in [0.2, 0.25) is 0 Å². The van der Waals surface area contributed by atoms with E-state index in [0.717, 1.165) is 13.1 Å². The van der Waals surface area contributed by atoms with E-state index in [-0.39, 0.29) is 28.4 Å². The van der Waals surface area contributed by atoms with Crippen LogP contribution in [-0.4, -0.2) is 61.0 Å². The molecule has 2 aromatic carbocycles. The Morgan fingerprint density at radius 2 is 1.62 bits per heavy atom. The third-order valence-corrected chi connectivity index (χ3v) is 4.78. The molecule has 6 nitrogen and oxygen atoms in total. The lowest BCUT2D eigenvalue weighted by molar-refractivity contribution is 0.0322. The van der Waals surface area contributed by atoms with Gasteiger partial charge < -0.3 is 14.6 Å². The molecule has 0 unspecified atom stereocenters. The summed E-state index contributed by atoms with van der Waals surface area (Å²) in [4.78, 5) is 27.9. The third-order valence-electron chi connectivity index (χ3n) is 4.78. The van der Waals surface area contributed by atoms with Crippen LogP contribution in [0, 0.1) is 0 Å². The molecule has 0 bridgehead atoms. The number of hydrogen-bond donors (Lipinski definition) is 1. The zero-order valence-electron chi connectivity index (χ0n) is 14.2. The van der Waals surface area contributed by atoms with Crippen LogP contribution < -0.4 is 4.74 Å². The summed E-state index contributed by atoms with van der Waals surface area (Å²) in [6, 6.07) is 9.60. The van der Waals surface area contributed by atoms with E-state index in [2.05, 4.69) is 4.90 Å². The van der Waals surface area contributed by atoms with Crippen molar-refractivity contribution in [2.24, 2.45) is 0 Å². The Kier molecular flexibility index (Phi) is 4.44. The Labute approximate surface area is 151 Å². The summed E-state index contributed by atoms with van der Waals surface area (Å²) in [5.41, 5.74) is 0.827. The topological polar surface area (TPSA) is 76.1 Å². The monoisotopic (exact) mass is 353 g/mol.